The average Bonchev–Trinajstić information content (AvgIpc) is 2.81. The van der Waals surface area contributed by atoms with Crippen molar-refractivity contribution in [1.82, 2.24) is 9.47 Å². The van der Waals surface area contributed by atoms with E-state index in [1.165, 1.54) is 6.07 Å². The van der Waals surface area contributed by atoms with E-state index in [2.05, 4.69) is 9.98 Å². The Morgan fingerprint density at radius 1 is 1.17 bits per heavy atom. The molecule has 0 saturated carbocycles. The van der Waals surface area contributed by atoms with E-state index in [1.54, 1.807) is 18.6 Å². The van der Waals surface area contributed by atoms with E-state index in [1.807, 2.05) is 20.2 Å². The Bertz CT molecular complexity index is 769. The number of alkyl halides is 3. The van der Waals surface area contributed by atoms with Crippen LogP contribution in [-0.4, -0.2) is 25.4 Å². The van der Waals surface area contributed by atoms with Gasteiger partial charge < -0.3 is 4.74 Å². The number of quaternary nitrogens is 1. The Kier molecular flexibility index (Phi) is 3.60. The number of benzene rings is 1. The number of aromatic nitrogens is 1. The molecule has 4 nitrogen and oxygen atoms in total. The minimum Gasteiger partial charge on any atom is -0.471 e. The van der Waals surface area contributed by atoms with Crippen molar-refractivity contribution in [1.29, 1.82) is 0 Å². The Morgan fingerprint density at radius 2 is 1.96 bits per heavy atom. The van der Waals surface area contributed by atoms with E-state index < -0.39 is 11.7 Å². The molecule has 3 rings (SSSR count). The van der Waals surface area contributed by atoms with Crippen LogP contribution in [-0.2, 0) is 12.8 Å². The van der Waals surface area contributed by atoms with E-state index in [0.29, 0.717) is 21.6 Å². The fourth-order valence-corrected chi connectivity index (χ4v) is 2.37. The molecule has 7 heteroatoms. The molecule has 0 spiro atoms. The first-order valence-electron chi connectivity index (χ1n) is 6.95. The lowest BCUT2D eigenvalue weighted by atomic mass is 10.1. The third kappa shape index (κ3) is 3.05. The van der Waals surface area contributed by atoms with Gasteiger partial charge in [0, 0.05) is 12.3 Å². The third-order valence-corrected chi connectivity index (χ3v) is 3.60. The highest BCUT2D eigenvalue weighted by atomic mass is 19.4. The van der Waals surface area contributed by atoms with Gasteiger partial charge in [-0.05, 0) is 17.7 Å². The summed E-state index contributed by atoms with van der Waals surface area (Å²) in [7, 11) is 3.93. The molecule has 1 aliphatic heterocycles. The van der Waals surface area contributed by atoms with Crippen LogP contribution in [0.25, 0.3) is 0 Å². The molecule has 0 aliphatic carbocycles. The van der Waals surface area contributed by atoms with E-state index in [-0.39, 0.29) is 6.61 Å². The quantitative estimate of drug-likeness (QED) is 0.803. The monoisotopic (exact) mass is 322 g/mol. The molecule has 2 aromatic rings. The first-order valence-corrected chi connectivity index (χ1v) is 6.95. The Balaban J connectivity index is 1.81. The highest BCUT2D eigenvalue weighted by Gasteiger charge is 2.31. The van der Waals surface area contributed by atoms with Gasteiger partial charge in [-0.25, -0.2) is 4.98 Å². The fourth-order valence-electron chi connectivity index (χ4n) is 2.37. The zero-order valence-electron chi connectivity index (χ0n) is 12.6. The van der Waals surface area contributed by atoms with E-state index in [4.69, 9.17) is 4.74 Å². The molecule has 0 fully saturated rings. The Hall–Kier alpha value is -2.41. The van der Waals surface area contributed by atoms with Gasteiger partial charge in [0.25, 0.3) is 0 Å². The highest BCUT2D eigenvalue weighted by molar-refractivity contribution is 5.89. The lowest BCUT2D eigenvalue weighted by Gasteiger charge is -2.19. The Labute approximate surface area is 131 Å². The lowest BCUT2D eigenvalue weighted by molar-refractivity contribution is -0.137. The third-order valence-electron chi connectivity index (χ3n) is 3.60. The number of nitrogens with zero attached hydrogens (tertiary/aromatic N) is 3. The maximum Gasteiger partial charge on any atom is 0.416 e. The lowest BCUT2D eigenvalue weighted by Crippen LogP contribution is -2.36. The minimum absolute atomic E-state index is 0.00365. The molecular formula is C16H15F3N3O+. The normalized spacial score (nSPS) is 15.5. The summed E-state index contributed by atoms with van der Waals surface area (Å²) in [5.41, 5.74) is 1.28. The molecule has 0 N–H and O–H groups in total. The number of ether oxygens (including phenoxy) is 1. The largest absolute Gasteiger partial charge is 0.471 e. The maximum absolute atomic E-state index is 12.7. The van der Waals surface area contributed by atoms with Crippen molar-refractivity contribution < 1.29 is 17.9 Å². The van der Waals surface area contributed by atoms with Crippen LogP contribution in [0.2, 0.25) is 0 Å². The number of fused-ring (bicyclic) bond motifs is 1. The first kappa shape index (κ1) is 15.5. The number of pyridine rings is 1. The maximum atomic E-state index is 12.7. The van der Waals surface area contributed by atoms with Gasteiger partial charge in [-0.1, -0.05) is 12.1 Å². The minimum atomic E-state index is -4.37. The summed E-state index contributed by atoms with van der Waals surface area (Å²) < 4.78 is 44.2. The summed E-state index contributed by atoms with van der Waals surface area (Å²) >= 11 is 0. The molecule has 1 aromatic heterocycles. The number of aliphatic imine (C=N–C) groups is 1. The van der Waals surface area contributed by atoms with Crippen LogP contribution in [0.4, 0.5) is 24.5 Å². The van der Waals surface area contributed by atoms with E-state index in [9.17, 15) is 13.2 Å². The van der Waals surface area contributed by atoms with Crippen LogP contribution in [0.15, 0.2) is 41.5 Å². The van der Waals surface area contributed by atoms with Crippen LogP contribution < -0.4 is 9.22 Å². The summed E-state index contributed by atoms with van der Waals surface area (Å²) in [5.74, 6) is 0.319. The van der Waals surface area contributed by atoms with Gasteiger partial charge in [0.1, 0.15) is 6.61 Å². The van der Waals surface area contributed by atoms with E-state index >= 15 is 0 Å². The number of rotatable bonds is 3. The van der Waals surface area contributed by atoms with Crippen LogP contribution in [0.3, 0.4) is 0 Å². The highest BCUT2D eigenvalue weighted by Crippen LogP contribution is 2.41. The fraction of sp³-hybridized carbons (Fsp3) is 0.250. The number of halogens is 3. The molecule has 23 heavy (non-hydrogen) atoms. The van der Waals surface area contributed by atoms with Crippen molar-refractivity contribution in [2.75, 3.05) is 14.1 Å². The van der Waals surface area contributed by atoms with Gasteiger partial charge in [0.05, 0.1) is 19.7 Å². The average molecular weight is 322 g/mol. The van der Waals surface area contributed by atoms with Crippen LogP contribution in [0, 0.1) is 0 Å². The molecule has 0 atom stereocenters. The molecule has 0 radical (unpaired) electrons. The molecule has 1 aromatic carbocycles. The molecule has 2 heterocycles. The SMILES string of the molecule is C[N+]1(C)C=Nc2c1ccnc2OCc1cccc(C(F)(F)F)c1. The van der Waals surface area contributed by atoms with Crippen LogP contribution in [0.5, 0.6) is 5.88 Å². The van der Waals surface area contributed by atoms with Crippen molar-refractivity contribution in [3.05, 3.63) is 47.7 Å². The van der Waals surface area contributed by atoms with Gasteiger partial charge >= 0.3 is 6.18 Å². The van der Waals surface area contributed by atoms with Crippen molar-refractivity contribution >= 4 is 17.7 Å². The molecule has 0 saturated heterocycles. The topological polar surface area (TPSA) is 34.5 Å². The van der Waals surface area contributed by atoms with E-state index in [0.717, 1.165) is 17.8 Å². The van der Waals surface area contributed by atoms with Gasteiger partial charge in [0.15, 0.2) is 17.7 Å². The molecule has 0 unspecified atom stereocenters. The van der Waals surface area contributed by atoms with Crippen molar-refractivity contribution in [2.45, 2.75) is 12.8 Å². The number of hydrogen-bond acceptors (Lipinski definition) is 3. The first-order chi connectivity index (χ1) is 10.8. The standard InChI is InChI=1S/C16H15F3N3O/c1-22(2)10-21-14-13(22)6-7-20-15(14)23-9-11-4-3-5-12(8-11)16(17,18)19/h3-8,10H,9H2,1-2H3/q+1. The second kappa shape index (κ2) is 5.34. The summed E-state index contributed by atoms with van der Waals surface area (Å²) in [6.07, 6.45) is -1.01. The van der Waals surface area contributed by atoms with Crippen molar-refractivity contribution in [2.24, 2.45) is 4.99 Å². The van der Waals surface area contributed by atoms with Gasteiger partial charge in [-0.2, -0.15) is 18.2 Å². The summed E-state index contributed by atoms with van der Waals surface area (Å²) in [6.45, 7) is -0.00365. The van der Waals surface area contributed by atoms with Crippen molar-refractivity contribution in [3.63, 3.8) is 0 Å². The molecule has 0 bridgehead atoms. The smallest absolute Gasteiger partial charge is 0.416 e. The summed E-state index contributed by atoms with van der Waals surface area (Å²) in [6, 6.07) is 6.91. The predicted molar refractivity (Wildman–Crippen MR) is 81.8 cm³/mol. The molecule has 1 aliphatic rings. The molecular weight excluding hydrogens is 307 g/mol. The van der Waals surface area contributed by atoms with Gasteiger partial charge in [-0.15, -0.1) is 0 Å². The second-order valence-electron chi connectivity index (χ2n) is 5.76. The molecule has 120 valence electrons. The zero-order chi connectivity index (χ0) is 16.7. The number of hydrogen-bond donors (Lipinski definition) is 0. The van der Waals surface area contributed by atoms with Gasteiger partial charge in [0.2, 0.25) is 5.88 Å². The summed E-state index contributed by atoms with van der Waals surface area (Å²) in [5, 5.41) is 0. The van der Waals surface area contributed by atoms with Crippen LogP contribution >= 0.6 is 0 Å². The summed E-state index contributed by atoms with van der Waals surface area (Å²) in [4.78, 5) is 8.43. The predicted octanol–water partition coefficient (Wildman–Crippen LogP) is 3.92. The molecule has 0 amide bonds. The van der Waals surface area contributed by atoms with Crippen LogP contribution in [0.1, 0.15) is 11.1 Å². The Morgan fingerprint density at radius 3 is 2.70 bits per heavy atom. The van der Waals surface area contributed by atoms with Gasteiger partial charge in [-0.3, -0.25) is 4.48 Å². The van der Waals surface area contributed by atoms with Crippen molar-refractivity contribution in [3.8, 4) is 5.88 Å². The zero-order valence-corrected chi connectivity index (χ0v) is 12.6. The second-order valence-corrected chi connectivity index (χ2v) is 5.76.